The average Bonchev–Trinajstić information content (AvgIpc) is 1.81. The van der Waals surface area contributed by atoms with Crippen molar-refractivity contribution >= 4 is 6.29 Å². The number of carbonyl (C=O) groups is 1. The molecule has 0 saturated heterocycles. The molecule has 8 heavy (non-hydrogen) atoms. The van der Waals surface area contributed by atoms with Gasteiger partial charge in [0.25, 0.3) is 0 Å². The van der Waals surface area contributed by atoms with Gasteiger partial charge in [-0.05, 0) is 0 Å². The third-order valence-corrected chi connectivity index (χ3v) is 0.616. The number of carbonyl (C=O) groups excluding carboxylic acids is 1. The van der Waals surface area contributed by atoms with Gasteiger partial charge in [-0.1, -0.05) is 6.08 Å². The molecule has 0 atom stereocenters. The van der Waals surface area contributed by atoms with Crippen molar-refractivity contribution in [1.29, 1.82) is 0 Å². The molecule has 2 heteroatoms. The van der Waals surface area contributed by atoms with E-state index >= 15 is 0 Å². The predicted octanol–water partition coefficient (Wildman–Crippen LogP) is 0.778. The van der Waals surface area contributed by atoms with E-state index in [1.165, 1.54) is 0 Å². The Morgan fingerprint density at radius 1 is 1.62 bits per heavy atom. The van der Waals surface area contributed by atoms with E-state index in [4.69, 9.17) is 4.74 Å². The molecule has 0 aromatic heterocycles. The molecule has 0 fully saturated rings. The molecule has 0 spiro atoms. The van der Waals surface area contributed by atoms with Gasteiger partial charge in [-0.25, -0.2) is 0 Å². The minimum Gasteiger partial charge on any atom is -0.377 e. The van der Waals surface area contributed by atoms with Crippen molar-refractivity contribution in [2.75, 3.05) is 13.2 Å². The van der Waals surface area contributed by atoms with E-state index in [0.29, 0.717) is 19.6 Å². The Morgan fingerprint density at radius 3 is 2.88 bits per heavy atom. The van der Waals surface area contributed by atoms with Crippen LogP contribution in [0.25, 0.3) is 0 Å². The van der Waals surface area contributed by atoms with E-state index in [1.54, 1.807) is 6.08 Å². The quantitative estimate of drug-likeness (QED) is 0.300. The van der Waals surface area contributed by atoms with Crippen LogP contribution in [0.3, 0.4) is 0 Å². The topological polar surface area (TPSA) is 26.3 Å². The van der Waals surface area contributed by atoms with Crippen LogP contribution in [0.2, 0.25) is 0 Å². The van der Waals surface area contributed by atoms with Crippen LogP contribution in [0.15, 0.2) is 12.7 Å². The first-order valence-electron chi connectivity index (χ1n) is 2.54. The minimum absolute atomic E-state index is 0.480. The van der Waals surface area contributed by atoms with Crippen LogP contribution in [0, 0.1) is 0 Å². The molecule has 0 heterocycles. The molecule has 0 aliphatic rings. The van der Waals surface area contributed by atoms with Crippen LogP contribution >= 0.6 is 0 Å². The lowest BCUT2D eigenvalue weighted by Crippen LogP contribution is -1.93. The van der Waals surface area contributed by atoms with Gasteiger partial charge in [-0.3, -0.25) is 0 Å². The number of ether oxygens (including phenoxy) is 1. The smallest absolute Gasteiger partial charge is 0.122 e. The molecule has 0 aromatic rings. The van der Waals surface area contributed by atoms with E-state index in [9.17, 15) is 4.79 Å². The SMILES string of the molecule is C=CCOCCC=O. The number of rotatable bonds is 5. The number of hydrogen-bond acceptors (Lipinski definition) is 2. The summed E-state index contributed by atoms with van der Waals surface area (Å²) in [7, 11) is 0. The zero-order valence-electron chi connectivity index (χ0n) is 4.80. The summed E-state index contributed by atoms with van der Waals surface area (Å²) < 4.78 is 4.87. The van der Waals surface area contributed by atoms with Gasteiger partial charge in [0.1, 0.15) is 6.29 Å². The van der Waals surface area contributed by atoms with Gasteiger partial charge in [0.05, 0.1) is 13.2 Å². The third-order valence-electron chi connectivity index (χ3n) is 0.616. The van der Waals surface area contributed by atoms with Gasteiger partial charge in [0.15, 0.2) is 0 Å². The second kappa shape index (κ2) is 6.37. The highest BCUT2D eigenvalue weighted by Gasteiger charge is 1.79. The lowest BCUT2D eigenvalue weighted by Gasteiger charge is -1.92. The van der Waals surface area contributed by atoms with Crippen molar-refractivity contribution in [3.8, 4) is 0 Å². The van der Waals surface area contributed by atoms with Crippen molar-refractivity contribution < 1.29 is 9.53 Å². The van der Waals surface area contributed by atoms with Crippen molar-refractivity contribution in [2.45, 2.75) is 6.42 Å². The second-order valence-corrected chi connectivity index (χ2v) is 1.32. The molecule has 0 saturated carbocycles. The summed E-state index contributed by atoms with van der Waals surface area (Å²) in [5.74, 6) is 0. The summed E-state index contributed by atoms with van der Waals surface area (Å²) in [6.45, 7) is 4.49. The van der Waals surface area contributed by atoms with E-state index in [2.05, 4.69) is 6.58 Å². The Bertz CT molecular complexity index is 58.9. The van der Waals surface area contributed by atoms with Gasteiger partial charge < -0.3 is 9.53 Å². The van der Waals surface area contributed by atoms with Gasteiger partial charge in [0, 0.05) is 6.42 Å². The van der Waals surface area contributed by atoms with E-state index in [1.807, 2.05) is 0 Å². The largest absolute Gasteiger partial charge is 0.377 e. The lowest BCUT2D eigenvalue weighted by atomic mass is 10.5. The average molecular weight is 114 g/mol. The monoisotopic (exact) mass is 114 g/mol. The highest BCUT2D eigenvalue weighted by atomic mass is 16.5. The summed E-state index contributed by atoms with van der Waals surface area (Å²) >= 11 is 0. The standard InChI is InChI=1S/C6H10O2/c1-2-5-8-6-3-4-7/h2,4H,1,3,5-6H2. The lowest BCUT2D eigenvalue weighted by molar-refractivity contribution is -0.108. The summed E-state index contributed by atoms with van der Waals surface area (Å²) in [6, 6.07) is 0. The first-order valence-corrected chi connectivity index (χ1v) is 2.54. The normalized spacial score (nSPS) is 8.50. The molecule has 0 radical (unpaired) electrons. The van der Waals surface area contributed by atoms with Crippen molar-refractivity contribution in [3.63, 3.8) is 0 Å². The van der Waals surface area contributed by atoms with E-state index in [-0.39, 0.29) is 0 Å². The molecule has 0 N–H and O–H groups in total. The molecular formula is C6H10O2. The molecule has 0 aromatic carbocycles. The fraction of sp³-hybridized carbons (Fsp3) is 0.500. The van der Waals surface area contributed by atoms with E-state index in [0.717, 1.165) is 6.29 Å². The maximum absolute atomic E-state index is 9.66. The van der Waals surface area contributed by atoms with Crippen LogP contribution in [0.5, 0.6) is 0 Å². The first kappa shape index (κ1) is 7.37. The fourth-order valence-electron chi connectivity index (χ4n) is 0.298. The summed E-state index contributed by atoms with van der Waals surface area (Å²) in [4.78, 5) is 9.66. The molecule has 0 aliphatic heterocycles. The Hall–Kier alpha value is -0.630. The molecule has 0 bridgehead atoms. The molecule has 0 amide bonds. The molecule has 0 aliphatic carbocycles. The van der Waals surface area contributed by atoms with Crippen LogP contribution in [-0.2, 0) is 9.53 Å². The molecule has 2 nitrogen and oxygen atoms in total. The van der Waals surface area contributed by atoms with Gasteiger partial charge >= 0.3 is 0 Å². The molecule has 0 rings (SSSR count). The van der Waals surface area contributed by atoms with Crippen LogP contribution in [-0.4, -0.2) is 19.5 Å². The maximum atomic E-state index is 9.66. The van der Waals surface area contributed by atoms with Crippen molar-refractivity contribution in [2.24, 2.45) is 0 Å². The van der Waals surface area contributed by atoms with Crippen LogP contribution in [0.4, 0.5) is 0 Å². The summed E-state index contributed by atoms with van der Waals surface area (Å²) in [6.07, 6.45) is 2.97. The van der Waals surface area contributed by atoms with Gasteiger partial charge in [0.2, 0.25) is 0 Å². The fourth-order valence-corrected chi connectivity index (χ4v) is 0.298. The van der Waals surface area contributed by atoms with Crippen LogP contribution in [0.1, 0.15) is 6.42 Å². The van der Waals surface area contributed by atoms with Gasteiger partial charge in [-0.15, -0.1) is 6.58 Å². The highest BCUT2D eigenvalue weighted by Crippen LogP contribution is 1.76. The van der Waals surface area contributed by atoms with E-state index < -0.39 is 0 Å². The first-order chi connectivity index (χ1) is 3.91. The van der Waals surface area contributed by atoms with Crippen molar-refractivity contribution in [1.82, 2.24) is 0 Å². The predicted molar refractivity (Wildman–Crippen MR) is 31.7 cm³/mol. The zero-order chi connectivity index (χ0) is 6.24. The zero-order valence-corrected chi connectivity index (χ0v) is 4.80. The van der Waals surface area contributed by atoms with Crippen molar-refractivity contribution in [3.05, 3.63) is 12.7 Å². The Labute approximate surface area is 49.1 Å². The molecular weight excluding hydrogens is 104 g/mol. The Morgan fingerprint density at radius 2 is 2.38 bits per heavy atom. The Balaban J connectivity index is 2.71. The number of aldehydes is 1. The summed E-state index contributed by atoms with van der Waals surface area (Å²) in [5.41, 5.74) is 0. The summed E-state index contributed by atoms with van der Waals surface area (Å²) in [5, 5.41) is 0. The van der Waals surface area contributed by atoms with Gasteiger partial charge in [-0.2, -0.15) is 0 Å². The molecule has 0 unspecified atom stereocenters. The maximum Gasteiger partial charge on any atom is 0.122 e. The second-order valence-electron chi connectivity index (χ2n) is 1.32. The minimum atomic E-state index is 0.480. The third kappa shape index (κ3) is 5.37. The highest BCUT2D eigenvalue weighted by molar-refractivity contribution is 5.49. The molecule has 46 valence electrons. The number of hydrogen-bond donors (Lipinski definition) is 0. The van der Waals surface area contributed by atoms with Crippen LogP contribution < -0.4 is 0 Å². The Kier molecular flexibility index (Phi) is 5.87.